The lowest BCUT2D eigenvalue weighted by Crippen LogP contribution is -1.94. The van der Waals surface area contributed by atoms with Crippen LogP contribution in [0.5, 0.6) is 0 Å². The molecule has 0 saturated heterocycles. The summed E-state index contributed by atoms with van der Waals surface area (Å²) in [4.78, 5) is 15.7. The number of carbonyl (C=O) groups excluding carboxylic acids is 1. The largest absolute Gasteiger partial charge is 0.360 e. The second-order valence-corrected chi connectivity index (χ2v) is 6.35. The third kappa shape index (κ3) is 4.02. The van der Waals surface area contributed by atoms with Gasteiger partial charge in [-0.3, -0.25) is 4.79 Å². The molecule has 0 saturated carbocycles. The average Bonchev–Trinajstić information content (AvgIpc) is 3.13. The first-order chi connectivity index (χ1) is 12.6. The number of aromatic nitrogens is 1. The van der Waals surface area contributed by atoms with E-state index in [0.717, 1.165) is 11.3 Å². The molecule has 0 aliphatic heterocycles. The molecular formula is C20H14FN3OS. The fraction of sp³-hybridized carbons (Fsp3) is 0.0500. The van der Waals surface area contributed by atoms with Gasteiger partial charge in [0.1, 0.15) is 22.5 Å². The Bertz CT molecular complexity index is 999. The summed E-state index contributed by atoms with van der Waals surface area (Å²) in [5, 5.41) is 14.8. The first-order valence-corrected chi connectivity index (χ1v) is 8.64. The molecule has 0 fully saturated rings. The van der Waals surface area contributed by atoms with Crippen LogP contribution in [0.25, 0.3) is 16.8 Å². The van der Waals surface area contributed by atoms with Crippen molar-refractivity contribution >= 4 is 28.4 Å². The van der Waals surface area contributed by atoms with Crippen LogP contribution in [0.3, 0.4) is 0 Å². The molecule has 1 aromatic heterocycles. The number of nitrogens with one attached hydrogen (secondary N) is 1. The van der Waals surface area contributed by atoms with Crippen LogP contribution in [0.2, 0.25) is 0 Å². The minimum Gasteiger partial charge on any atom is -0.360 e. The molecule has 0 atom stereocenters. The second kappa shape index (κ2) is 7.72. The van der Waals surface area contributed by atoms with Gasteiger partial charge in [-0.25, -0.2) is 9.37 Å². The van der Waals surface area contributed by atoms with Crippen molar-refractivity contribution in [1.29, 1.82) is 5.26 Å². The van der Waals surface area contributed by atoms with E-state index in [2.05, 4.69) is 16.4 Å². The van der Waals surface area contributed by atoms with E-state index in [4.69, 9.17) is 0 Å². The molecule has 128 valence electrons. The van der Waals surface area contributed by atoms with Crippen molar-refractivity contribution in [3.63, 3.8) is 0 Å². The Morgan fingerprint density at radius 1 is 1.19 bits per heavy atom. The third-order valence-electron chi connectivity index (χ3n) is 3.67. The normalized spacial score (nSPS) is 11.0. The topological polar surface area (TPSA) is 65.8 Å². The highest BCUT2D eigenvalue weighted by Gasteiger charge is 2.09. The fourth-order valence-electron chi connectivity index (χ4n) is 2.25. The Morgan fingerprint density at radius 2 is 1.88 bits per heavy atom. The van der Waals surface area contributed by atoms with Crippen molar-refractivity contribution in [2.75, 3.05) is 5.32 Å². The van der Waals surface area contributed by atoms with Gasteiger partial charge in [-0.2, -0.15) is 5.26 Å². The number of benzene rings is 2. The number of ketones is 1. The summed E-state index contributed by atoms with van der Waals surface area (Å²) >= 11 is 1.34. The van der Waals surface area contributed by atoms with E-state index in [0.29, 0.717) is 21.8 Å². The Hall–Kier alpha value is -3.30. The van der Waals surface area contributed by atoms with Crippen LogP contribution in [0.1, 0.15) is 22.3 Å². The van der Waals surface area contributed by atoms with Crippen molar-refractivity contribution in [3.8, 4) is 17.3 Å². The standard InChI is InChI=1S/C20H14FN3OS/c1-13(25)14-4-8-18(9-5-14)23-11-16(10-22)20-24-19(12-26-20)15-2-6-17(21)7-3-15/h2-9,11-12,23H,1H3/b16-11+. The summed E-state index contributed by atoms with van der Waals surface area (Å²) in [5.41, 5.74) is 3.26. The maximum atomic E-state index is 13.0. The van der Waals surface area contributed by atoms with E-state index in [9.17, 15) is 14.4 Å². The summed E-state index contributed by atoms with van der Waals surface area (Å²) in [6, 6.07) is 15.2. The zero-order valence-corrected chi connectivity index (χ0v) is 14.7. The minimum atomic E-state index is -0.304. The Morgan fingerprint density at radius 3 is 2.50 bits per heavy atom. The zero-order valence-electron chi connectivity index (χ0n) is 13.9. The monoisotopic (exact) mass is 363 g/mol. The molecule has 0 unspecified atom stereocenters. The molecule has 26 heavy (non-hydrogen) atoms. The van der Waals surface area contributed by atoms with E-state index in [-0.39, 0.29) is 11.6 Å². The molecule has 2 aromatic carbocycles. The SMILES string of the molecule is CC(=O)c1ccc(N/C=C(\C#N)c2nc(-c3ccc(F)cc3)cs2)cc1. The quantitative estimate of drug-likeness (QED) is 0.504. The molecule has 0 bridgehead atoms. The van der Waals surface area contributed by atoms with E-state index < -0.39 is 0 Å². The first-order valence-electron chi connectivity index (χ1n) is 7.76. The number of allylic oxidation sites excluding steroid dienone is 1. The van der Waals surface area contributed by atoms with Crippen molar-refractivity contribution < 1.29 is 9.18 Å². The highest BCUT2D eigenvalue weighted by Crippen LogP contribution is 2.26. The predicted octanol–water partition coefficient (Wildman–Crippen LogP) is 5.13. The summed E-state index contributed by atoms with van der Waals surface area (Å²) in [6.07, 6.45) is 1.58. The molecule has 4 nitrogen and oxygen atoms in total. The lowest BCUT2D eigenvalue weighted by Gasteiger charge is -2.02. The van der Waals surface area contributed by atoms with Gasteiger partial charge >= 0.3 is 0 Å². The molecule has 0 aliphatic carbocycles. The van der Waals surface area contributed by atoms with E-state index >= 15 is 0 Å². The number of thiazole rings is 1. The Labute approximate surface area is 154 Å². The number of nitrogens with zero attached hydrogens (tertiary/aromatic N) is 2. The molecule has 0 spiro atoms. The molecule has 6 heteroatoms. The Kier molecular flexibility index (Phi) is 5.20. The summed E-state index contributed by atoms with van der Waals surface area (Å²) in [6.45, 7) is 1.51. The van der Waals surface area contributed by atoms with Gasteiger partial charge < -0.3 is 5.32 Å². The van der Waals surface area contributed by atoms with Gasteiger partial charge in [-0.15, -0.1) is 11.3 Å². The molecule has 3 rings (SSSR count). The van der Waals surface area contributed by atoms with Crippen LogP contribution < -0.4 is 5.32 Å². The van der Waals surface area contributed by atoms with Crippen LogP contribution in [-0.4, -0.2) is 10.8 Å². The van der Waals surface area contributed by atoms with Gasteiger partial charge in [-0.1, -0.05) is 0 Å². The van der Waals surface area contributed by atoms with Crippen molar-refractivity contribution in [1.82, 2.24) is 4.98 Å². The molecule has 1 N–H and O–H groups in total. The number of hydrogen-bond acceptors (Lipinski definition) is 5. The number of rotatable bonds is 5. The van der Waals surface area contributed by atoms with Crippen LogP contribution in [0.15, 0.2) is 60.1 Å². The maximum Gasteiger partial charge on any atom is 0.159 e. The third-order valence-corrected chi connectivity index (χ3v) is 4.55. The van der Waals surface area contributed by atoms with Gasteiger partial charge in [0.25, 0.3) is 0 Å². The van der Waals surface area contributed by atoms with Gasteiger partial charge in [0, 0.05) is 28.4 Å². The van der Waals surface area contributed by atoms with E-state index in [1.54, 1.807) is 42.6 Å². The molecular weight excluding hydrogens is 349 g/mol. The van der Waals surface area contributed by atoms with E-state index in [1.165, 1.54) is 30.4 Å². The lowest BCUT2D eigenvalue weighted by molar-refractivity contribution is 0.101. The van der Waals surface area contributed by atoms with Crippen molar-refractivity contribution in [2.24, 2.45) is 0 Å². The van der Waals surface area contributed by atoms with Gasteiger partial charge in [-0.05, 0) is 55.5 Å². The second-order valence-electron chi connectivity index (χ2n) is 5.49. The summed E-state index contributed by atoms with van der Waals surface area (Å²) < 4.78 is 13.0. The molecule has 0 aliphatic rings. The van der Waals surface area contributed by atoms with E-state index in [1.807, 2.05) is 5.38 Å². The number of carbonyl (C=O) groups is 1. The molecule has 0 amide bonds. The van der Waals surface area contributed by atoms with Gasteiger partial charge in [0.15, 0.2) is 5.78 Å². The van der Waals surface area contributed by atoms with Crippen molar-refractivity contribution in [2.45, 2.75) is 6.92 Å². The average molecular weight is 363 g/mol. The first kappa shape index (κ1) is 17.5. The Balaban J connectivity index is 1.78. The lowest BCUT2D eigenvalue weighted by atomic mass is 10.1. The zero-order chi connectivity index (χ0) is 18.5. The number of halogens is 1. The number of Topliss-reactive ketones (excluding diaryl/α,β-unsaturated/α-hetero) is 1. The number of hydrogen-bond donors (Lipinski definition) is 1. The van der Waals surface area contributed by atoms with Crippen LogP contribution in [-0.2, 0) is 0 Å². The van der Waals surface area contributed by atoms with Crippen molar-refractivity contribution in [3.05, 3.63) is 76.5 Å². The molecule has 1 heterocycles. The van der Waals surface area contributed by atoms with Crippen LogP contribution in [0.4, 0.5) is 10.1 Å². The summed E-state index contributed by atoms with van der Waals surface area (Å²) in [5.74, 6) is -0.303. The smallest absolute Gasteiger partial charge is 0.159 e. The van der Waals surface area contributed by atoms with Gasteiger partial charge in [0.05, 0.1) is 5.69 Å². The maximum absolute atomic E-state index is 13.0. The molecule has 3 aromatic rings. The summed E-state index contributed by atoms with van der Waals surface area (Å²) in [7, 11) is 0. The van der Waals surface area contributed by atoms with Gasteiger partial charge in [0.2, 0.25) is 0 Å². The molecule has 0 radical (unpaired) electrons. The van der Waals surface area contributed by atoms with Crippen LogP contribution >= 0.6 is 11.3 Å². The highest BCUT2D eigenvalue weighted by molar-refractivity contribution is 7.11. The minimum absolute atomic E-state index is 0.000846. The number of anilines is 1. The number of nitriles is 1. The fourth-order valence-corrected chi connectivity index (χ4v) is 3.04. The predicted molar refractivity (Wildman–Crippen MR) is 101 cm³/mol. The van der Waals surface area contributed by atoms with Crippen LogP contribution in [0, 0.1) is 17.1 Å². The highest BCUT2D eigenvalue weighted by atomic mass is 32.1.